The van der Waals surface area contributed by atoms with E-state index in [1.165, 1.54) is 0 Å². The molecule has 1 aliphatic carbocycles. The van der Waals surface area contributed by atoms with Gasteiger partial charge in [-0.25, -0.2) is 0 Å². The van der Waals surface area contributed by atoms with Gasteiger partial charge in [0.15, 0.2) is 6.80 Å². The van der Waals surface area contributed by atoms with Crippen LogP contribution in [0.2, 0.25) is 0 Å². The maximum absolute atomic E-state index is 12.6. The molecular formula is C19H36O7PS-. The average Bonchev–Trinajstić information content (AvgIpc) is 3.02. The van der Waals surface area contributed by atoms with Crippen LogP contribution in [-0.4, -0.2) is 59.7 Å². The van der Waals surface area contributed by atoms with Crippen LogP contribution in [0.25, 0.3) is 0 Å². The Labute approximate surface area is 173 Å². The van der Waals surface area contributed by atoms with Gasteiger partial charge in [0.05, 0.1) is 43.2 Å². The topological polar surface area (TPSA) is 97.3 Å². The lowest BCUT2D eigenvalue weighted by molar-refractivity contribution is -0.203. The largest absolute Gasteiger partial charge is 0.770 e. The van der Waals surface area contributed by atoms with Crippen molar-refractivity contribution in [3.05, 3.63) is 0 Å². The predicted molar refractivity (Wildman–Crippen MR) is 108 cm³/mol. The Balaban J connectivity index is 1.93. The lowest BCUT2D eigenvalue weighted by Gasteiger charge is -2.35. The molecule has 7 nitrogen and oxygen atoms in total. The Morgan fingerprint density at radius 2 is 1.93 bits per heavy atom. The van der Waals surface area contributed by atoms with E-state index in [9.17, 15) is 14.6 Å². The molecule has 0 radical (unpaired) electrons. The predicted octanol–water partition coefficient (Wildman–Crippen LogP) is 3.13. The molecule has 0 bridgehead atoms. The molecule has 2 fully saturated rings. The van der Waals surface area contributed by atoms with Crippen molar-refractivity contribution in [3.8, 4) is 0 Å². The number of rotatable bonds is 10. The normalized spacial score (nSPS) is 38.4. The third kappa shape index (κ3) is 7.24. The molecule has 0 aromatic carbocycles. The Bertz CT molecular complexity index is 546. The van der Waals surface area contributed by atoms with Gasteiger partial charge in [0.25, 0.3) is 0 Å². The van der Waals surface area contributed by atoms with Crippen molar-refractivity contribution in [2.75, 3.05) is 12.4 Å². The van der Waals surface area contributed by atoms with Crippen LogP contribution in [0.1, 0.15) is 60.8 Å². The first kappa shape index (κ1) is 24.6. The lowest BCUT2D eigenvalue weighted by atomic mass is 10.0. The molecule has 3 unspecified atom stereocenters. The highest BCUT2D eigenvalue weighted by Crippen LogP contribution is 2.56. The van der Waals surface area contributed by atoms with Crippen molar-refractivity contribution in [3.63, 3.8) is 0 Å². The van der Waals surface area contributed by atoms with E-state index >= 15 is 0 Å². The first-order valence-corrected chi connectivity index (χ1v) is 13.3. The summed E-state index contributed by atoms with van der Waals surface area (Å²) in [6.45, 7) is 7.46. The molecule has 0 amide bonds. The number of ether oxygens (including phenoxy) is 3. The standard InChI is InChI=1S/C19H37O7PS/c1-12(2)23-11-19(20)9-14(5)7-18(19)26-27(21,22)28-10-17-16(24-13(3)4)8-15(6)25-17/h12-18,20H,7-11H2,1-6H3,(H,21,22)/p-1/t14-,15-,16?,17+,18?,19-/m0/s1. The minimum absolute atomic E-state index is 0.0373. The van der Waals surface area contributed by atoms with Crippen molar-refractivity contribution < 1.29 is 33.3 Å². The van der Waals surface area contributed by atoms with Gasteiger partial charge in [0.2, 0.25) is 0 Å². The minimum atomic E-state index is -4.21. The van der Waals surface area contributed by atoms with E-state index in [-0.39, 0.29) is 48.8 Å². The van der Waals surface area contributed by atoms with E-state index in [0.29, 0.717) is 12.8 Å². The fraction of sp³-hybridized carbons (Fsp3) is 1.00. The van der Waals surface area contributed by atoms with Gasteiger partial charge >= 0.3 is 0 Å². The van der Waals surface area contributed by atoms with E-state index in [4.69, 9.17) is 18.7 Å². The molecule has 28 heavy (non-hydrogen) atoms. The highest BCUT2D eigenvalue weighted by molar-refractivity contribution is 8.54. The van der Waals surface area contributed by atoms with Gasteiger partial charge in [-0.15, -0.1) is 0 Å². The van der Waals surface area contributed by atoms with Crippen molar-refractivity contribution >= 4 is 18.2 Å². The highest BCUT2D eigenvalue weighted by atomic mass is 32.7. The number of hydrogen-bond acceptors (Lipinski definition) is 8. The maximum atomic E-state index is 12.6. The number of aliphatic hydroxyl groups is 1. The summed E-state index contributed by atoms with van der Waals surface area (Å²) in [6.07, 6.45) is 0.539. The van der Waals surface area contributed by atoms with Gasteiger partial charge < -0.3 is 28.7 Å². The summed E-state index contributed by atoms with van der Waals surface area (Å²) in [6, 6.07) is 0. The summed E-state index contributed by atoms with van der Waals surface area (Å²) < 4.78 is 35.3. The van der Waals surface area contributed by atoms with Crippen molar-refractivity contribution in [2.24, 2.45) is 5.92 Å². The fourth-order valence-electron chi connectivity index (χ4n) is 3.92. The monoisotopic (exact) mass is 439 g/mol. The fourth-order valence-corrected chi connectivity index (χ4v) is 6.68. The maximum Gasteiger partial charge on any atom is 0.192 e. The van der Waals surface area contributed by atoms with E-state index < -0.39 is 18.5 Å². The second-order valence-corrected chi connectivity index (χ2v) is 12.6. The van der Waals surface area contributed by atoms with E-state index in [0.717, 1.165) is 17.8 Å². The quantitative estimate of drug-likeness (QED) is 0.519. The summed E-state index contributed by atoms with van der Waals surface area (Å²) in [4.78, 5) is 12.6. The Hall–Kier alpha value is 0.340. The summed E-state index contributed by atoms with van der Waals surface area (Å²) in [5.74, 6) is 0.407. The summed E-state index contributed by atoms with van der Waals surface area (Å²) in [5, 5.41) is 10.9. The number of hydrogen-bond donors (Lipinski definition) is 1. The molecule has 1 saturated carbocycles. The molecule has 2 aliphatic rings. The van der Waals surface area contributed by atoms with Gasteiger partial charge in [-0.1, -0.05) is 18.3 Å². The van der Waals surface area contributed by atoms with Crippen LogP contribution in [0.4, 0.5) is 0 Å². The van der Waals surface area contributed by atoms with Crippen LogP contribution in [-0.2, 0) is 23.3 Å². The van der Waals surface area contributed by atoms with Gasteiger partial charge in [-0.2, -0.15) is 0 Å². The molecular weight excluding hydrogens is 403 g/mol. The highest BCUT2D eigenvalue weighted by Gasteiger charge is 2.47. The second kappa shape index (κ2) is 10.1. The van der Waals surface area contributed by atoms with E-state index in [2.05, 4.69) is 0 Å². The van der Waals surface area contributed by atoms with Crippen LogP contribution in [0.3, 0.4) is 0 Å². The molecule has 1 N–H and O–H groups in total. The average molecular weight is 440 g/mol. The SMILES string of the molecule is CC(C)OC[C@@]1(O)C[C@@H](C)CC1OP(=O)([O-])SC[C@H]1O[C@@H](C)CC1OC(C)C. The van der Waals surface area contributed by atoms with Crippen LogP contribution < -0.4 is 4.89 Å². The summed E-state index contributed by atoms with van der Waals surface area (Å²) >= 11 is 0.743. The molecule has 0 aromatic heterocycles. The minimum Gasteiger partial charge on any atom is -0.770 e. The third-order valence-corrected chi connectivity index (χ3v) is 8.03. The summed E-state index contributed by atoms with van der Waals surface area (Å²) in [5.41, 5.74) is -1.29. The van der Waals surface area contributed by atoms with Crippen molar-refractivity contribution in [1.29, 1.82) is 0 Å². The van der Waals surface area contributed by atoms with Gasteiger partial charge in [-0.3, -0.25) is 4.57 Å². The smallest absolute Gasteiger partial charge is 0.192 e. The first-order valence-electron chi connectivity index (χ1n) is 10.2. The molecule has 2 rings (SSSR count). The van der Waals surface area contributed by atoms with Crippen LogP contribution in [0, 0.1) is 5.92 Å². The molecule has 1 saturated heterocycles. The molecule has 1 aliphatic heterocycles. The van der Waals surface area contributed by atoms with E-state index in [1.54, 1.807) is 0 Å². The van der Waals surface area contributed by atoms with Crippen LogP contribution in [0.5, 0.6) is 0 Å². The molecule has 0 spiro atoms. The van der Waals surface area contributed by atoms with Crippen molar-refractivity contribution in [1.82, 2.24) is 0 Å². The zero-order valence-corrected chi connectivity index (χ0v) is 19.5. The van der Waals surface area contributed by atoms with Gasteiger partial charge in [0, 0.05) is 12.2 Å². The zero-order valence-electron chi connectivity index (χ0n) is 17.8. The summed E-state index contributed by atoms with van der Waals surface area (Å²) in [7, 11) is 0. The lowest BCUT2D eigenvalue weighted by Crippen LogP contribution is -2.44. The first-order chi connectivity index (χ1) is 12.9. The Morgan fingerprint density at radius 1 is 1.25 bits per heavy atom. The molecule has 7 atom stereocenters. The van der Waals surface area contributed by atoms with Crippen LogP contribution >= 0.6 is 18.2 Å². The Morgan fingerprint density at radius 3 is 2.54 bits per heavy atom. The molecule has 0 aromatic rings. The van der Waals surface area contributed by atoms with E-state index in [1.807, 2.05) is 41.5 Å². The third-order valence-electron chi connectivity index (χ3n) is 5.07. The van der Waals surface area contributed by atoms with Crippen molar-refractivity contribution in [2.45, 2.75) is 103 Å². The van der Waals surface area contributed by atoms with Gasteiger partial charge in [0.1, 0.15) is 5.60 Å². The zero-order chi connectivity index (χ0) is 21.1. The second-order valence-electron chi connectivity index (χ2n) is 8.79. The molecule has 1 heterocycles. The molecule has 166 valence electrons. The molecule has 9 heteroatoms. The van der Waals surface area contributed by atoms with Gasteiger partial charge in [-0.05, 0) is 53.4 Å². The Kier molecular flexibility index (Phi) is 8.88. The van der Waals surface area contributed by atoms with Crippen LogP contribution in [0.15, 0.2) is 0 Å².